The highest BCUT2D eigenvalue weighted by atomic mass is 32.1. The molecule has 1 N–H and O–H groups in total. The third-order valence-electron chi connectivity index (χ3n) is 3.13. The number of rotatable bonds is 5. The van der Waals surface area contributed by atoms with E-state index < -0.39 is 0 Å². The van der Waals surface area contributed by atoms with Gasteiger partial charge in [-0.15, -0.1) is 11.3 Å². The summed E-state index contributed by atoms with van der Waals surface area (Å²) in [5.74, 6) is -0.109. The Morgan fingerprint density at radius 2 is 2.20 bits per heavy atom. The first-order valence-electron chi connectivity index (χ1n) is 6.61. The van der Waals surface area contributed by atoms with E-state index in [4.69, 9.17) is 4.74 Å². The molecule has 0 saturated heterocycles. The van der Waals surface area contributed by atoms with Gasteiger partial charge in [-0.05, 0) is 38.6 Å². The van der Waals surface area contributed by atoms with E-state index in [9.17, 15) is 4.39 Å². The summed E-state index contributed by atoms with van der Waals surface area (Å²) < 4.78 is 18.7. The summed E-state index contributed by atoms with van der Waals surface area (Å²) in [6, 6.07) is 5.20. The maximum atomic E-state index is 13.8. The van der Waals surface area contributed by atoms with Crippen molar-refractivity contribution < 1.29 is 9.13 Å². The lowest BCUT2D eigenvalue weighted by Gasteiger charge is -2.09. The summed E-state index contributed by atoms with van der Waals surface area (Å²) in [5, 5.41) is 4.21. The van der Waals surface area contributed by atoms with Crippen molar-refractivity contribution in [1.82, 2.24) is 10.3 Å². The molecule has 1 atom stereocenters. The molecule has 108 valence electrons. The molecule has 1 aromatic carbocycles. The average molecular weight is 294 g/mol. The van der Waals surface area contributed by atoms with Gasteiger partial charge in [-0.25, -0.2) is 9.37 Å². The molecule has 1 unspecified atom stereocenters. The third-order valence-corrected chi connectivity index (χ3v) is 4.52. The highest BCUT2D eigenvalue weighted by Gasteiger charge is 2.15. The fourth-order valence-electron chi connectivity index (χ4n) is 2.13. The van der Waals surface area contributed by atoms with Gasteiger partial charge in [0.15, 0.2) is 11.6 Å². The van der Waals surface area contributed by atoms with Gasteiger partial charge in [-0.2, -0.15) is 0 Å². The smallest absolute Gasteiger partial charge is 0.165 e. The van der Waals surface area contributed by atoms with Gasteiger partial charge < -0.3 is 10.1 Å². The Hall–Kier alpha value is -1.46. The number of nitrogens with one attached hydrogen (secondary N) is 1. The fourth-order valence-corrected chi connectivity index (χ4v) is 3.22. The Morgan fingerprint density at radius 1 is 1.45 bits per heavy atom. The topological polar surface area (TPSA) is 34.1 Å². The van der Waals surface area contributed by atoms with Gasteiger partial charge in [0.1, 0.15) is 5.01 Å². The van der Waals surface area contributed by atoms with Crippen molar-refractivity contribution in [3.05, 3.63) is 34.6 Å². The molecule has 2 aromatic rings. The van der Waals surface area contributed by atoms with Gasteiger partial charge in [0.2, 0.25) is 0 Å². The molecule has 1 aromatic heterocycles. The molecule has 0 aliphatic heterocycles. The number of halogens is 1. The van der Waals surface area contributed by atoms with Crippen LogP contribution in [0.15, 0.2) is 18.2 Å². The normalized spacial score (nSPS) is 12.4. The van der Waals surface area contributed by atoms with Crippen molar-refractivity contribution in [2.45, 2.75) is 26.8 Å². The van der Waals surface area contributed by atoms with Crippen LogP contribution in [0.5, 0.6) is 5.75 Å². The molecule has 0 bridgehead atoms. The maximum Gasteiger partial charge on any atom is 0.165 e. The highest BCUT2D eigenvalue weighted by Crippen LogP contribution is 2.33. The number of ether oxygens (including phenoxy) is 1. The molecule has 0 spiro atoms. The molecule has 20 heavy (non-hydrogen) atoms. The standard InChI is InChI=1S/C15H19FN2OS/c1-5-17-9(2)14-10(3)18-15(20-14)11-6-7-13(19-4)12(16)8-11/h6-9,17H,5H2,1-4H3. The molecule has 0 saturated carbocycles. The number of methoxy groups -OCH3 is 1. The number of hydrogen-bond acceptors (Lipinski definition) is 4. The van der Waals surface area contributed by atoms with Gasteiger partial charge in [-0.1, -0.05) is 6.92 Å². The van der Waals surface area contributed by atoms with Crippen LogP contribution in [-0.4, -0.2) is 18.6 Å². The Morgan fingerprint density at radius 3 is 2.80 bits per heavy atom. The Labute approximate surface area is 122 Å². The molecule has 5 heteroatoms. The predicted molar refractivity (Wildman–Crippen MR) is 80.9 cm³/mol. The van der Waals surface area contributed by atoms with Crippen LogP contribution in [0.3, 0.4) is 0 Å². The van der Waals surface area contributed by atoms with Crippen molar-refractivity contribution in [2.24, 2.45) is 0 Å². The van der Waals surface area contributed by atoms with E-state index in [2.05, 4.69) is 24.1 Å². The zero-order valence-corrected chi connectivity index (χ0v) is 13.0. The molecule has 0 amide bonds. The lowest BCUT2D eigenvalue weighted by molar-refractivity contribution is 0.386. The van der Waals surface area contributed by atoms with Crippen LogP contribution in [0.4, 0.5) is 4.39 Å². The molecule has 0 fully saturated rings. The molecular formula is C15H19FN2OS. The molecule has 0 aliphatic carbocycles. The van der Waals surface area contributed by atoms with Crippen molar-refractivity contribution in [3.8, 4) is 16.3 Å². The molecule has 0 aliphatic rings. The summed E-state index contributed by atoms with van der Waals surface area (Å²) >= 11 is 1.60. The van der Waals surface area contributed by atoms with E-state index in [1.165, 1.54) is 18.1 Å². The first-order valence-corrected chi connectivity index (χ1v) is 7.43. The van der Waals surface area contributed by atoms with Crippen LogP contribution in [0.1, 0.15) is 30.5 Å². The summed E-state index contributed by atoms with van der Waals surface area (Å²) in [6.45, 7) is 7.09. The van der Waals surface area contributed by atoms with Crippen molar-refractivity contribution in [2.75, 3.05) is 13.7 Å². The summed E-state index contributed by atoms with van der Waals surface area (Å²) in [7, 11) is 1.46. The van der Waals surface area contributed by atoms with E-state index >= 15 is 0 Å². The summed E-state index contributed by atoms with van der Waals surface area (Å²) in [4.78, 5) is 5.74. The first-order chi connectivity index (χ1) is 9.56. The van der Waals surface area contributed by atoms with Gasteiger partial charge in [-0.3, -0.25) is 0 Å². The van der Waals surface area contributed by atoms with Crippen LogP contribution in [0.2, 0.25) is 0 Å². The lowest BCUT2D eigenvalue weighted by atomic mass is 10.2. The van der Waals surface area contributed by atoms with Gasteiger partial charge in [0.05, 0.1) is 12.8 Å². The third kappa shape index (κ3) is 2.99. The second-order valence-electron chi connectivity index (χ2n) is 4.60. The number of benzene rings is 1. The van der Waals surface area contributed by atoms with Gasteiger partial charge >= 0.3 is 0 Å². The van der Waals surface area contributed by atoms with Gasteiger partial charge in [0.25, 0.3) is 0 Å². The number of nitrogens with zero attached hydrogens (tertiary/aromatic N) is 1. The summed E-state index contributed by atoms with van der Waals surface area (Å²) in [6.07, 6.45) is 0. The fraction of sp³-hybridized carbons (Fsp3) is 0.400. The first kappa shape index (κ1) is 14.9. The minimum Gasteiger partial charge on any atom is -0.494 e. The minimum absolute atomic E-state index is 0.253. The zero-order chi connectivity index (χ0) is 14.7. The Kier molecular flexibility index (Phi) is 4.73. The van der Waals surface area contributed by atoms with Crippen LogP contribution in [0, 0.1) is 12.7 Å². The van der Waals surface area contributed by atoms with Crippen molar-refractivity contribution >= 4 is 11.3 Å². The predicted octanol–water partition coefficient (Wildman–Crippen LogP) is 3.94. The highest BCUT2D eigenvalue weighted by molar-refractivity contribution is 7.15. The second kappa shape index (κ2) is 6.33. The van der Waals surface area contributed by atoms with Crippen LogP contribution in [-0.2, 0) is 0 Å². The van der Waals surface area contributed by atoms with Crippen molar-refractivity contribution in [3.63, 3.8) is 0 Å². The molecule has 1 heterocycles. The second-order valence-corrected chi connectivity index (χ2v) is 5.63. The number of thiazole rings is 1. The molecule has 3 nitrogen and oxygen atoms in total. The van der Waals surface area contributed by atoms with E-state index in [-0.39, 0.29) is 17.6 Å². The number of aryl methyl sites for hydroxylation is 1. The SMILES string of the molecule is CCNC(C)c1sc(-c2ccc(OC)c(F)c2)nc1C. The minimum atomic E-state index is -0.362. The van der Waals surface area contributed by atoms with Gasteiger partial charge in [0, 0.05) is 16.5 Å². The maximum absolute atomic E-state index is 13.8. The van der Waals surface area contributed by atoms with Crippen LogP contribution < -0.4 is 10.1 Å². The lowest BCUT2D eigenvalue weighted by Crippen LogP contribution is -2.17. The van der Waals surface area contributed by atoms with E-state index in [0.29, 0.717) is 0 Å². The Balaban J connectivity index is 2.34. The van der Waals surface area contributed by atoms with E-state index in [1.54, 1.807) is 17.4 Å². The van der Waals surface area contributed by atoms with E-state index in [0.717, 1.165) is 22.8 Å². The molecule has 2 rings (SSSR count). The van der Waals surface area contributed by atoms with Crippen LogP contribution in [0.25, 0.3) is 10.6 Å². The quantitative estimate of drug-likeness (QED) is 0.907. The summed E-state index contributed by atoms with van der Waals surface area (Å²) in [5.41, 5.74) is 1.78. The average Bonchev–Trinajstić information content (AvgIpc) is 2.81. The van der Waals surface area contributed by atoms with Crippen LogP contribution >= 0.6 is 11.3 Å². The number of hydrogen-bond donors (Lipinski definition) is 1. The Bertz CT molecular complexity index is 598. The van der Waals surface area contributed by atoms with Crippen molar-refractivity contribution in [1.29, 1.82) is 0 Å². The zero-order valence-electron chi connectivity index (χ0n) is 12.2. The largest absolute Gasteiger partial charge is 0.494 e. The van der Waals surface area contributed by atoms with E-state index in [1.807, 2.05) is 13.0 Å². The number of aromatic nitrogens is 1. The monoisotopic (exact) mass is 294 g/mol. The molecule has 0 radical (unpaired) electrons. The molecular weight excluding hydrogens is 275 g/mol.